The lowest BCUT2D eigenvalue weighted by molar-refractivity contribution is -0.129. The van der Waals surface area contributed by atoms with Gasteiger partial charge in [0.15, 0.2) is 5.82 Å². The number of amides is 1. The third-order valence-corrected chi connectivity index (χ3v) is 3.98. The SMILES string of the molecule is Cn1ccnc1-c1cnc(C2CCCN2C(=O)CCl)cn1. The summed E-state index contributed by atoms with van der Waals surface area (Å²) in [4.78, 5) is 26.8. The molecule has 21 heavy (non-hydrogen) atoms. The molecule has 7 heteroatoms. The summed E-state index contributed by atoms with van der Waals surface area (Å²) in [6.45, 7) is 0.735. The fourth-order valence-corrected chi connectivity index (χ4v) is 2.84. The molecule has 0 aromatic carbocycles. The number of aryl methyl sites for hydroxylation is 1. The number of carbonyl (C=O) groups is 1. The second kappa shape index (κ2) is 5.81. The van der Waals surface area contributed by atoms with Crippen molar-refractivity contribution in [2.24, 2.45) is 7.05 Å². The van der Waals surface area contributed by atoms with Gasteiger partial charge >= 0.3 is 0 Å². The number of rotatable bonds is 3. The number of nitrogens with zero attached hydrogens (tertiary/aromatic N) is 5. The van der Waals surface area contributed by atoms with Crippen molar-refractivity contribution < 1.29 is 4.79 Å². The van der Waals surface area contributed by atoms with Gasteiger partial charge in [0.05, 0.1) is 24.1 Å². The molecule has 0 bridgehead atoms. The highest BCUT2D eigenvalue weighted by atomic mass is 35.5. The predicted molar refractivity (Wildman–Crippen MR) is 78.6 cm³/mol. The molecule has 1 aliphatic rings. The van der Waals surface area contributed by atoms with Gasteiger partial charge in [0, 0.05) is 26.0 Å². The first-order valence-electron chi connectivity index (χ1n) is 6.86. The summed E-state index contributed by atoms with van der Waals surface area (Å²) in [7, 11) is 1.91. The van der Waals surface area contributed by atoms with Crippen molar-refractivity contribution in [1.82, 2.24) is 24.4 Å². The van der Waals surface area contributed by atoms with E-state index >= 15 is 0 Å². The van der Waals surface area contributed by atoms with Gasteiger partial charge in [-0.25, -0.2) is 9.97 Å². The monoisotopic (exact) mass is 305 g/mol. The van der Waals surface area contributed by atoms with E-state index in [0.717, 1.165) is 36.6 Å². The fourth-order valence-electron chi connectivity index (χ4n) is 2.69. The second-order valence-electron chi connectivity index (χ2n) is 5.07. The molecule has 0 aliphatic carbocycles. The standard InChI is InChI=1S/C14H16ClN5O/c1-19-6-4-16-14(19)11-9-17-10(8-18-11)12-3-2-5-20(12)13(21)7-15/h4,6,8-9,12H,2-3,5,7H2,1H3. The first-order valence-corrected chi connectivity index (χ1v) is 7.39. The van der Waals surface area contributed by atoms with Crippen LogP contribution in [0.4, 0.5) is 0 Å². The van der Waals surface area contributed by atoms with Crippen molar-refractivity contribution in [3.05, 3.63) is 30.5 Å². The van der Waals surface area contributed by atoms with Crippen LogP contribution in [0.2, 0.25) is 0 Å². The minimum atomic E-state index is -0.0471. The van der Waals surface area contributed by atoms with E-state index in [9.17, 15) is 4.79 Å². The molecule has 110 valence electrons. The molecule has 1 saturated heterocycles. The van der Waals surface area contributed by atoms with Crippen LogP contribution < -0.4 is 0 Å². The summed E-state index contributed by atoms with van der Waals surface area (Å²) in [5.74, 6) is 0.734. The quantitative estimate of drug-likeness (QED) is 0.811. The molecule has 2 aromatic rings. The normalized spacial score (nSPS) is 18.2. The molecular weight excluding hydrogens is 290 g/mol. The molecular formula is C14H16ClN5O. The summed E-state index contributed by atoms with van der Waals surface area (Å²) in [5, 5.41) is 0. The number of imidazole rings is 1. The van der Waals surface area contributed by atoms with Crippen molar-refractivity contribution in [2.45, 2.75) is 18.9 Å². The third kappa shape index (κ3) is 2.63. The maximum absolute atomic E-state index is 11.8. The second-order valence-corrected chi connectivity index (χ2v) is 5.33. The highest BCUT2D eigenvalue weighted by molar-refractivity contribution is 6.27. The molecule has 6 nitrogen and oxygen atoms in total. The number of hydrogen-bond acceptors (Lipinski definition) is 4. The maximum Gasteiger partial charge on any atom is 0.238 e. The van der Waals surface area contributed by atoms with Gasteiger partial charge < -0.3 is 9.47 Å². The van der Waals surface area contributed by atoms with E-state index in [4.69, 9.17) is 11.6 Å². The van der Waals surface area contributed by atoms with E-state index in [1.54, 1.807) is 23.5 Å². The minimum Gasteiger partial charge on any atom is -0.333 e. The average Bonchev–Trinajstić information content (AvgIpc) is 3.15. The van der Waals surface area contributed by atoms with Crippen LogP contribution in [0.25, 0.3) is 11.5 Å². The van der Waals surface area contributed by atoms with Crippen molar-refractivity contribution in [2.75, 3.05) is 12.4 Å². The van der Waals surface area contributed by atoms with Crippen LogP contribution >= 0.6 is 11.6 Å². The van der Waals surface area contributed by atoms with Gasteiger partial charge in [-0.3, -0.25) is 9.78 Å². The van der Waals surface area contributed by atoms with Gasteiger partial charge in [-0.2, -0.15) is 0 Å². The van der Waals surface area contributed by atoms with Crippen LogP contribution in [-0.4, -0.2) is 42.8 Å². The van der Waals surface area contributed by atoms with Crippen LogP contribution in [-0.2, 0) is 11.8 Å². The Bertz CT molecular complexity index is 639. The van der Waals surface area contributed by atoms with Gasteiger partial charge in [-0.15, -0.1) is 11.6 Å². The fraction of sp³-hybridized carbons (Fsp3) is 0.429. The van der Waals surface area contributed by atoms with Gasteiger partial charge in [0.25, 0.3) is 0 Å². The summed E-state index contributed by atoms with van der Waals surface area (Å²) >= 11 is 5.66. The molecule has 1 amide bonds. The summed E-state index contributed by atoms with van der Waals surface area (Å²) < 4.78 is 1.89. The molecule has 0 radical (unpaired) electrons. The Balaban J connectivity index is 1.84. The van der Waals surface area contributed by atoms with E-state index in [2.05, 4.69) is 15.0 Å². The van der Waals surface area contributed by atoms with Gasteiger partial charge in [0.1, 0.15) is 11.6 Å². The minimum absolute atomic E-state index is 0.00921. The van der Waals surface area contributed by atoms with E-state index in [1.807, 2.05) is 17.8 Å². The highest BCUT2D eigenvalue weighted by Crippen LogP contribution is 2.30. The Kier molecular flexibility index (Phi) is 3.88. The zero-order valence-corrected chi connectivity index (χ0v) is 12.5. The number of carbonyl (C=O) groups excluding carboxylic acids is 1. The summed E-state index contributed by atoms with van der Waals surface area (Å²) in [6, 6.07) is -0.0147. The lowest BCUT2D eigenvalue weighted by Crippen LogP contribution is -2.31. The molecule has 1 fully saturated rings. The molecule has 1 atom stereocenters. The molecule has 3 heterocycles. The molecule has 0 saturated carbocycles. The first kappa shape index (κ1) is 14.0. The van der Waals surface area contributed by atoms with E-state index in [1.165, 1.54) is 0 Å². The van der Waals surface area contributed by atoms with Crippen LogP contribution in [0.3, 0.4) is 0 Å². The molecule has 0 N–H and O–H groups in total. The molecule has 2 aromatic heterocycles. The van der Waals surface area contributed by atoms with Crippen molar-refractivity contribution in [1.29, 1.82) is 0 Å². The van der Waals surface area contributed by atoms with Gasteiger partial charge in [0.2, 0.25) is 5.91 Å². The van der Waals surface area contributed by atoms with Crippen LogP contribution in [0.5, 0.6) is 0 Å². The number of aromatic nitrogens is 4. The Labute approximate surface area is 127 Å². The Morgan fingerprint density at radius 2 is 2.24 bits per heavy atom. The molecule has 1 aliphatic heterocycles. The van der Waals surface area contributed by atoms with E-state index in [-0.39, 0.29) is 17.8 Å². The molecule has 0 spiro atoms. The Hall–Kier alpha value is -1.95. The number of hydrogen-bond donors (Lipinski definition) is 0. The average molecular weight is 306 g/mol. The number of likely N-dealkylation sites (tertiary alicyclic amines) is 1. The zero-order valence-electron chi connectivity index (χ0n) is 11.7. The van der Waals surface area contributed by atoms with Crippen LogP contribution in [0, 0.1) is 0 Å². The van der Waals surface area contributed by atoms with Gasteiger partial charge in [-0.1, -0.05) is 0 Å². The van der Waals surface area contributed by atoms with E-state index < -0.39 is 0 Å². The van der Waals surface area contributed by atoms with Crippen molar-refractivity contribution in [3.63, 3.8) is 0 Å². The number of halogens is 1. The zero-order chi connectivity index (χ0) is 14.8. The topological polar surface area (TPSA) is 63.9 Å². The lowest BCUT2D eigenvalue weighted by Gasteiger charge is -2.23. The highest BCUT2D eigenvalue weighted by Gasteiger charge is 2.30. The maximum atomic E-state index is 11.8. The largest absolute Gasteiger partial charge is 0.333 e. The van der Waals surface area contributed by atoms with Gasteiger partial charge in [-0.05, 0) is 12.8 Å². The third-order valence-electron chi connectivity index (χ3n) is 3.75. The van der Waals surface area contributed by atoms with E-state index in [0.29, 0.717) is 0 Å². The summed E-state index contributed by atoms with van der Waals surface area (Å²) in [6.07, 6.45) is 8.90. The van der Waals surface area contributed by atoms with Crippen molar-refractivity contribution in [3.8, 4) is 11.5 Å². The lowest BCUT2D eigenvalue weighted by atomic mass is 10.1. The Morgan fingerprint density at radius 3 is 2.86 bits per heavy atom. The Morgan fingerprint density at radius 1 is 1.38 bits per heavy atom. The van der Waals surface area contributed by atoms with Crippen LogP contribution in [0.1, 0.15) is 24.6 Å². The molecule has 3 rings (SSSR count). The van der Waals surface area contributed by atoms with Crippen molar-refractivity contribution >= 4 is 17.5 Å². The molecule has 1 unspecified atom stereocenters. The predicted octanol–water partition coefficient (Wildman–Crippen LogP) is 1.78. The number of alkyl halides is 1. The smallest absolute Gasteiger partial charge is 0.238 e. The summed E-state index contributed by atoms with van der Waals surface area (Å²) in [5.41, 5.74) is 1.53. The first-order chi connectivity index (χ1) is 10.2. The van der Waals surface area contributed by atoms with Crippen LogP contribution in [0.15, 0.2) is 24.8 Å².